The number of aryl methyl sites for hydroxylation is 2. The van der Waals surface area contributed by atoms with Gasteiger partial charge in [0.15, 0.2) is 11.5 Å². The second-order valence-electron chi connectivity index (χ2n) is 8.08. The minimum Gasteiger partial charge on any atom is -0.493 e. The Bertz CT molecular complexity index is 1220. The van der Waals surface area contributed by atoms with Crippen LogP contribution in [0.1, 0.15) is 44.5 Å². The lowest BCUT2D eigenvalue weighted by Gasteiger charge is -2.20. The molecule has 3 aromatic carbocycles. The van der Waals surface area contributed by atoms with Crippen LogP contribution in [0.5, 0.6) is 11.5 Å². The van der Waals surface area contributed by atoms with E-state index in [-0.39, 0.29) is 11.9 Å². The summed E-state index contributed by atoms with van der Waals surface area (Å²) in [4.78, 5) is 13.2. The van der Waals surface area contributed by atoms with E-state index in [4.69, 9.17) is 14.0 Å². The Balaban J connectivity index is 1.51. The maximum Gasteiger partial charge on any atom is 0.251 e. The van der Waals surface area contributed by atoms with Crippen molar-refractivity contribution >= 4 is 5.91 Å². The van der Waals surface area contributed by atoms with Crippen LogP contribution in [0, 0.1) is 13.8 Å². The number of carbonyl (C=O) groups is 1. The van der Waals surface area contributed by atoms with E-state index in [1.54, 1.807) is 25.3 Å². The van der Waals surface area contributed by atoms with E-state index in [9.17, 15) is 4.79 Å². The van der Waals surface area contributed by atoms with Crippen molar-refractivity contribution in [3.05, 3.63) is 113 Å². The van der Waals surface area contributed by atoms with Crippen molar-refractivity contribution in [1.82, 2.24) is 10.5 Å². The Morgan fingerprint density at radius 3 is 2.32 bits per heavy atom. The number of carbonyl (C=O) groups excluding carboxylic acids is 1. The van der Waals surface area contributed by atoms with Gasteiger partial charge in [-0.3, -0.25) is 4.79 Å². The first kappa shape index (κ1) is 23.1. The number of methoxy groups -OCH3 is 1. The monoisotopic (exact) mass is 456 g/mol. The molecular formula is C28H28N2O4. The SMILES string of the molecule is COc1cc(C(=O)N[C@@H](Cc2ccccc2)c2ccccc2)ccc1OCc1c(C)noc1C. The molecule has 1 atom stereocenters. The minimum atomic E-state index is -0.180. The third-order valence-electron chi connectivity index (χ3n) is 5.77. The van der Waals surface area contributed by atoms with Gasteiger partial charge in [-0.05, 0) is 49.6 Å². The Labute approximate surface area is 199 Å². The molecule has 1 aromatic heterocycles. The summed E-state index contributed by atoms with van der Waals surface area (Å²) in [6, 6.07) is 25.1. The molecule has 0 saturated carbocycles. The molecule has 0 bridgehead atoms. The Kier molecular flexibility index (Phi) is 7.28. The zero-order chi connectivity index (χ0) is 23.9. The molecular weight excluding hydrogens is 428 g/mol. The van der Waals surface area contributed by atoms with Crippen LogP contribution in [0.3, 0.4) is 0 Å². The van der Waals surface area contributed by atoms with Gasteiger partial charge in [0.2, 0.25) is 0 Å². The highest BCUT2D eigenvalue weighted by molar-refractivity contribution is 5.95. The molecule has 4 aromatic rings. The van der Waals surface area contributed by atoms with E-state index in [1.807, 2.05) is 62.4 Å². The van der Waals surface area contributed by atoms with Gasteiger partial charge in [-0.2, -0.15) is 0 Å². The van der Waals surface area contributed by atoms with Gasteiger partial charge in [0, 0.05) is 5.56 Å². The number of nitrogens with zero attached hydrogens (tertiary/aromatic N) is 1. The molecule has 0 aliphatic rings. The summed E-state index contributed by atoms with van der Waals surface area (Å²) in [5, 5.41) is 7.13. The molecule has 1 N–H and O–H groups in total. The number of ether oxygens (including phenoxy) is 2. The maximum atomic E-state index is 13.2. The standard InChI is InChI=1S/C28H28N2O4/c1-19-24(20(2)34-30-19)18-33-26-15-14-23(17-27(26)32-3)28(31)29-25(22-12-8-5-9-13-22)16-21-10-6-4-7-11-21/h4-15,17,25H,16,18H2,1-3H3,(H,29,31)/t25-/m0/s1. The highest BCUT2D eigenvalue weighted by Crippen LogP contribution is 2.30. The predicted octanol–water partition coefficient (Wildman–Crippen LogP) is 5.59. The second-order valence-corrected chi connectivity index (χ2v) is 8.08. The third-order valence-corrected chi connectivity index (χ3v) is 5.77. The van der Waals surface area contributed by atoms with Crippen LogP contribution in [-0.2, 0) is 13.0 Å². The average molecular weight is 457 g/mol. The average Bonchev–Trinajstić information content (AvgIpc) is 3.20. The van der Waals surface area contributed by atoms with Gasteiger partial charge in [-0.25, -0.2) is 0 Å². The summed E-state index contributed by atoms with van der Waals surface area (Å²) >= 11 is 0. The molecule has 6 heteroatoms. The summed E-state index contributed by atoms with van der Waals surface area (Å²) in [7, 11) is 1.56. The molecule has 1 heterocycles. The van der Waals surface area contributed by atoms with Crippen molar-refractivity contribution < 1.29 is 18.8 Å². The molecule has 0 radical (unpaired) electrons. The molecule has 0 saturated heterocycles. The number of amides is 1. The van der Waals surface area contributed by atoms with Gasteiger partial charge in [0.1, 0.15) is 12.4 Å². The zero-order valence-electron chi connectivity index (χ0n) is 19.6. The van der Waals surface area contributed by atoms with Crippen LogP contribution in [0.15, 0.2) is 83.4 Å². The molecule has 174 valence electrons. The van der Waals surface area contributed by atoms with Crippen molar-refractivity contribution in [3.63, 3.8) is 0 Å². The van der Waals surface area contributed by atoms with Crippen molar-refractivity contribution in [2.24, 2.45) is 0 Å². The Hall–Kier alpha value is -4.06. The lowest BCUT2D eigenvalue weighted by atomic mass is 9.98. The fraction of sp³-hybridized carbons (Fsp3) is 0.214. The van der Waals surface area contributed by atoms with Crippen molar-refractivity contribution in [2.75, 3.05) is 7.11 Å². The molecule has 0 spiro atoms. The van der Waals surface area contributed by atoms with Crippen molar-refractivity contribution in [2.45, 2.75) is 32.9 Å². The number of benzene rings is 3. The lowest BCUT2D eigenvalue weighted by molar-refractivity contribution is 0.0936. The molecule has 34 heavy (non-hydrogen) atoms. The van der Waals surface area contributed by atoms with E-state index in [1.165, 1.54) is 0 Å². The molecule has 6 nitrogen and oxygen atoms in total. The highest BCUT2D eigenvalue weighted by atomic mass is 16.5. The topological polar surface area (TPSA) is 73.6 Å². The van der Waals surface area contributed by atoms with Gasteiger partial charge < -0.3 is 19.3 Å². The minimum absolute atomic E-state index is 0.169. The van der Waals surface area contributed by atoms with Crippen molar-refractivity contribution in [3.8, 4) is 11.5 Å². The van der Waals surface area contributed by atoms with Crippen LogP contribution in [0.2, 0.25) is 0 Å². The molecule has 4 rings (SSSR count). The van der Waals surface area contributed by atoms with E-state index in [0.717, 1.165) is 28.1 Å². The summed E-state index contributed by atoms with van der Waals surface area (Å²) in [5.41, 5.74) is 4.38. The number of aromatic nitrogens is 1. The van der Waals surface area contributed by atoms with E-state index in [2.05, 4.69) is 22.6 Å². The first-order valence-electron chi connectivity index (χ1n) is 11.2. The number of rotatable bonds is 9. The summed E-state index contributed by atoms with van der Waals surface area (Å²) in [6.45, 7) is 4.02. The van der Waals surface area contributed by atoms with Crippen LogP contribution < -0.4 is 14.8 Å². The van der Waals surface area contributed by atoms with Crippen LogP contribution >= 0.6 is 0 Å². The first-order chi connectivity index (χ1) is 16.5. The van der Waals surface area contributed by atoms with E-state index < -0.39 is 0 Å². The molecule has 0 aliphatic heterocycles. The Morgan fingerprint density at radius 2 is 1.68 bits per heavy atom. The van der Waals surface area contributed by atoms with Gasteiger partial charge in [0.05, 0.1) is 24.4 Å². The fourth-order valence-electron chi connectivity index (χ4n) is 3.81. The van der Waals surface area contributed by atoms with E-state index >= 15 is 0 Å². The maximum absolute atomic E-state index is 13.2. The lowest BCUT2D eigenvalue weighted by Crippen LogP contribution is -2.30. The largest absolute Gasteiger partial charge is 0.493 e. The number of hydrogen-bond acceptors (Lipinski definition) is 5. The van der Waals surface area contributed by atoms with Gasteiger partial charge >= 0.3 is 0 Å². The summed E-state index contributed by atoms with van der Waals surface area (Å²) in [6.07, 6.45) is 0.687. The first-order valence-corrected chi connectivity index (χ1v) is 11.2. The number of hydrogen-bond donors (Lipinski definition) is 1. The Morgan fingerprint density at radius 1 is 0.971 bits per heavy atom. The van der Waals surface area contributed by atoms with Crippen LogP contribution in [0.25, 0.3) is 0 Å². The number of nitrogens with one attached hydrogen (secondary N) is 1. The third kappa shape index (κ3) is 5.46. The smallest absolute Gasteiger partial charge is 0.251 e. The predicted molar refractivity (Wildman–Crippen MR) is 130 cm³/mol. The summed E-state index contributed by atoms with van der Waals surface area (Å²) < 4.78 is 16.6. The molecule has 0 aliphatic carbocycles. The second kappa shape index (κ2) is 10.7. The molecule has 0 fully saturated rings. The quantitative estimate of drug-likeness (QED) is 0.355. The highest BCUT2D eigenvalue weighted by Gasteiger charge is 2.18. The van der Waals surface area contributed by atoms with E-state index in [0.29, 0.717) is 30.1 Å². The normalized spacial score (nSPS) is 11.6. The summed E-state index contributed by atoms with van der Waals surface area (Å²) in [5.74, 6) is 1.57. The molecule has 0 unspecified atom stereocenters. The van der Waals surface area contributed by atoms with Crippen molar-refractivity contribution in [1.29, 1.82) is 0 Å². The molecule has 1 amide bonds. The van der Waals surface area contributed by atoms with Crippen LogP contribution in [0.4, 0.5) is 0 Å². The fourth-order valence-corrected chi connectivity index (χ4v) is 3.81. The van der Waals surface area contributed by atoms with Gasteiger partial charge in [0.25, 0.3) is 5.91 Å². The van der Waals surface area contributed by atoms with Crippen LogP contribution in [-0.4, -0.2) is 18.2 Å². The van der Waals surface area contributed by atoms with Gasteiger partial charge in [-0.1, -0.05) is 65.8 Å². The zero-order valence-corrected chi connectivity index (χ0v) is 19.6. The van der Waals surface area contributed by atoms with Gasteiger partial charge in [-0.15, -0.1) is 0 Å².